The van der Waals surface area contributed by atoms with Gasteiger partial charge in [-0.3, -0.25) is 0 Å². The van der Waals surface area contributed by atoms with Gasteiger partial charge in [-0.05, 0) is 24.1 Å². The minimum absolute atomic E-state index is 0.674. The highest BCUT2D eigenvalue weighted by Gasteiger charge is 2.04. The summed E-state index contributed by atoms with van der Waals surface area (Å²) in [5, 5.41) is 8.07. The molecule has 1 aromatic carbocycles. The van der Waals surface area contributed by atoms with E-state index in [2.05, 4.69) is 10.2 Å². The first-order valence-corrected chi connectivity index (χ1v) is 5.99. The van der Waals surface area contributed by atoms with Crippen LogP contribution < -0.4 is 5.73 Å². The van der Waals surface area contributed by atoms with E-state index in [4.69, 9.17) is 10.5 Å². The lowest BCUT2D eigenvalue weighted by atomic mass is 10.1. The van der Waals surface area contributed by atoms with E-state index in [1.165, 1.54) is 5.56 Å². The molecule has 0 radical (unpaired) electrons. The number of nitrogens with zero attached hydrogens (tertiary/aromatic N) is 3. The fourth-order valence-corrected chi connectivity index (χ4v) is 1.79. The summed E-state index contributed by atoms with van der Waals surface area (Å²) in [6.07, 6.45) is 3.55. The van der Waals surface area contributed by atoms with E-state index >= 15 is 0 Å². The van der Waals surface area contributed by atoms with Crippen LogP contribution in [0.5, 0.6) is 0 Å². The van der Waals surface area contributed by atoms with Crippen LogP contribution in [-0.2, 0) is 24.1 Å². The molecule has 18 heavy (non-hydrogen) atoms. The normalized spacial score (nSPS) is 10.7. The van der Waals surface area contributed by atoms with Crippen molar-refractivity contribution in [3.05, 3.63) is 42.0 Å². The highest BCUT2D eigenvalue weighted by molar-refractivity contribution is 5.39. The first-order valence-electron chi connectivity index (χ1n) is 5.99. The van der Waals surface area contributed by atoms with Crippen LogP contribution in [0, 0.1) is 0 Å². The Morgan fingerprint density at radius 3 is 2.72 bits per heavy atom. The molecule has 0 aliphatic rings. The Hall–Kier alpha value is -1.88. The van der Waals surface area contributed by atoms with E-state index in [0.29, 0.717) is 6.61 Å². The Labute approximate surface area is 107 Å². The Morgan fingerprint density at radius 1 is 1.22 bits per heavy atom. The van der Waals surface area contributed by atoms with E-state index in [-0.39, 0.29) is 0 Å². The summed E-state index contributed by atoms with van der Waals surface area (Å²) in [6.45, 7) is 1.47. The van der Waals surface area contributed by atoms with Crippen molar-refractivity contribution in [1.82, 2.24) is 14.8 Å². The van der Waals surface area contributed by atoms with Crippen LogP contribution in [0.4, 0.5) is 5.69 Å². The maximum Gasteiger partial charge on any atom is 0.133 e. The molecule has 0 amide bonds. The summed E-state index contributed by atoms with van der Waals surface area (Å²) in [5.74, 6) is 0.990. The molecule has 0 fully saturated rings. The molecule has 1 aromatic heterocycles. The van der Waals surface area contributed by atoms with E-state index in [9.17, 15) is 0 Å². The molecule has 2 rings (SSSR count). The molecule has 0 saturated heterocycles. The summed E-state index contributed by atoms with van der Waals surface area (Å²) >= 11 is 0. The van der Waals surface area contributed by atoms with Crippen molar-refractivity contribution in [2.75, 3.05) is 19.5 Å². The first-order chi connectivity index (χ1) is 8.79. The lowest BCUT2D eigenvalue weighted by molar-refractivity contribution is 0.186. The van der Waals surface area contributed by atoms with Gasteiger partial charge in [-0.15, -0.1) is 10.2 Å². The highest BCUT2D eigenvalue weighted by atomic mass is 16.5. The van der Waals surface area contributed by atoms with Gasteiger partial charge in [-0.25, -0.2) is 0 Å². The number of nitrogens with two attached hydrogens (primary N) is 1. The van der Waals surface area contributed by atoms with Crippen LogP contribution in [0.25, 0.3) is 0 Å². The van der Waals surface area contributed by atoms with Crippen molar-refractivity contribution in [2.45, 2.75) is 19.4 Å². The number of rotatable bonds is 6. The number of nitrogen functional groups attached to an aromatic ring is 1. The standard InChI is InChI=1S/C13H18N4O/c1-18-9-8-17-10-15-16-13(17)7-4-11-2-5-12(14)6-3-11/h2-3,5-6,10H,4,7-9,14H2,1H3. The molecule has 0 unspecified atom stereocenters. The number of benzene rings is 1. The number of hydrogen-bond donors (Lipinski definition) is 1. The smallest absolute Gasteiger partial charge is 0.133 e. The lowest BCUT2D eigenvalue weighted by Crippen LogP contribution is -2.08. The third-order valence-electron chi connectivity index (χ3n) is 2.85. The second kappa shape index (κ2) is 6.16. The van der Waals surface area contributed by atoms with Gasteiger partial charge >= 0.3 is 0 Å². The predicted molar refractivity (Wildman–Crippen MR) is 70.2 cm³/mol. The Balaban J connectivity index is 1.93. The average Bonchev–Trinajstić information content (AvgIpc) is 2.83. The van der Waals surface area contributed by atoms with Gasteiger partial charge < -0.3 is 15.0 Å². The third-order valence-corrected chi connectivity index (χ3v) is 2.85. The molecular weight excluding hydrogens is 228 g/mol. The topological polar surface area (TPSA) is 66.0 Å². The van der Waals surface area contributed by atoms with Gasteiger partial charge in [-0.1, -0.05) is 12.1 Å². The molecule has 2 aromatic rings. The highest BCUT2D eigenvalue weighted by Crippen LogP contribution is 2.08. The quantitative estimate of drug-likeness (QED) is 0.780. The lowest BCUT2D eigenvalue weighted by Gasteiger charge is -2.06. The minimum atomic E-state index is 0.674. The maximum atomic E-state index is 5.66. The SMILES string of the molecule is COCCn1cnnc1CCc1ccc(N)cc1. The number of hydrogen-bond acceptors (Lipinski definition) is 4. The van der Waals surface area contributed by atoms with Crippen molar-refractivity contribution >= 4 is 5.69 Å². The minimum Gasteiger partial charge on any atom is -0.399 e. The van der Waals surface area contributed by atoms with Gasteiger partial charge in [0.1, 0.15) is 12.2 Å². The molecule has 0 spiro atoms. The van der Waals surface area contributed by atoms with E-state index in [0.717, 1.165) is 30.9 Å². The van der Waals surface area contributed by atoms with Gasteiger partial charge in [0.25, 0.3) is 0 Å². The second-order valence-corrected chi connectivity index (χ2v) is 4.17. The van der Waals surface area contributed by atoms with Crippen molar-refractivity contribution < 1.29 is 4.74 Å². The molecule has 0 bridgehead atoms. The van der Waals surface area contributed by atoms with Gasteiger partial charge in [0.05, 0.1) is 6.61 Å². The third kappa shape index (κ3) is 3.30. The van der Waals surface area contributed by atoms with Crippen LogP contribution in [0.15, 0.2) is 30.6 Å². The van der Waals surface area contributed by atoms with Crippen LogP contribution in [0.3, 0.4) is 0 Å². The second-order valence-electron chi connectivity index (χ2n) is 4.17. The fraction of sp³-hybridized carbons (Fsp3) is 0.385. The molecule has 0 aliphatic carbocycles. The molecule has 0 aliphatic heterocycles. The van der Waals surface area contributed by atoms with Crippen LogP contribution in [0.2, 0.25) is 0 Å². The number of aryl methyl sites for hydroxylation is 2. The summed E-state index contributed by atoms with van der Waals surface area (Å²) in [7, 11) is 1.69. The number of anilines is 1. The summed E-state index contributed by atoms with van der Waals surface area (Å²) < 4.78 is 7.08. The molecule has 5 nitrogen and oxygen atoms in total. The summed E-state index contributed by atoms with van der Waals surface area (Å²) in [5.41, 5.74) is 7.70. The van der Waals surface area contributed by atoms with E-state index in [1.54, 1.807) is 13.4 Å². The molecule has 0 atom stereocenters. The number of aromatic nitrogens is 3. The molecule has 96 valence electrons. The zero-order chi connectivity index (χ0) is 12.8. The van der Waals surface area contributed by atoms with Crippen molar-refractivity contribution in [3.8, 4) is 0 Å². The molecule has 0 saturated carbocycles. The summed E-state index contributed by atoms with van der Waals surface area (Å²) in [6, 6.07) is 7.94. The van der Waals surface area contributed by atoms with Gasteiger partial charge in [0.15, 0.2) is 0 Å². The van der Waals surface area contributed by atoms with Crippen LogP contribution >= 0.6 is 0 Å². The Morgan fingerprint density at radius 2 is 2.00 bits per heavy atom. The van der Waals surface area contributed by atoms with Crippen molar-refractivity contribution in [2.24, 2.45) is 0 Å². The van der Waals surface area contributed by atoms with Crippen molar-refractivity contribution in [1.29, 1.82) is 0 Å². The number of methoxy groups -OCH3 is 1. The molecular formula is C13H18N4O. The molecule has 5 heteroatoms. The average molecular weight is 246 g/mol. The van der Waals surface area contributed by atoms with Crippen LogP contribution in [-0.4, -0.2) is 28.5 Å². The number of ether oxygens (including phenoxy) is 1. The van der Waals surface area contributed by atoms with Gasteiger partial charge in [0.2, 0.25) is 0 Å². The first kappa shape index (κ1) is 12.6. The van der Waals surface area contributed by atoms with E-state index in [1.807, 2.05) is 28.8 Å². The molecule has 2 N–H and O–H groups in total. The predicted octanol–water partition coefficient (Wildman–Crippen LogP) is 1.29. The Bertz CT molecular complexity index is 478. The zero-order valence-electron chi connectivity index (χ0n) is 10.5. The maximum absolute atomic E-state index is 5.66. The van der Waals surface area contributed by atoms with Crippen molar-refractivity contribution in [3.63, 3.8) is 0 Å². The van der Waals surface area contributed by atoms with Crippen LogP contribution in [0.1, 0.15) is 11.4 Å². The largest absolute Gasteiger partial charge is 0.399 e. The fourth-order valence-electron chi connectivity index (χ4n) is 1.79. The monoisotopic (exact) mass is 246 g/mol. The van der Waals surface area contributed by atoms with Gasteiger partial charge in [0, 0.05) is 25.8 Å². The summed E-state index contributed by atoms with van der Waals surface area (Å²) in [4.78, 5) is 0. The van der Waals surface area contributed by atoms with Gasteiger partial charge in [-0.2, -0.15) is 0 Å². The Kier molecular flexibility index (Phi) is 4.30. The molecule has 1 heterocycles. The zero-order valence-corrected chi connectivity index (χ0v) is 10.5. The van der Waals surface area contributed by atoms with E-state index < -0.39 is 0 Å².